The number of nitrogens with zero attached hydrogens (tertiary/aromatic N) is 2. The first-order valence-corrected chi connectivity index (χ1v) is 3.90. The van der Waals surface area contributed by atoms with Gasteiger partial charge in [0.15, 0.2) is 0 Å². The van der Waals surface area contributed by atoms with Crippen LogP contribution in [0.3, 0.4) is 0 Å². The van der Waals surface area contributed by atoms with Crippen molar-refractivity contribution in [2.45, 2.75) is 25.9 Å². The molecule has 0 aliphatic rings. The molecule has 1 aromatic rings. The Morgan fingerprint density at radius 2 is 2.45 bits per heavy atom. The SMILES string of the molecule is CCC[C@H](O)c1cncn1C. The maximum absolute atomic E-state index is 9.53. The van der Waals surface area contributed by atoms with E-state index in [1.54, 1.807) is 12.5 Å². The normalized spacial score (nSPS) is 13.4. The van der Waals surface area contributed by atoms with Gasteiger partial charge in [-0.1, -0.05) is 13.3 Å². The number of hydrogen-bond acceptors (Lipinski definition) is 2. The van der Waals surface area contributed by atoms with Crippen molar-refractivity contribution in [3.8, 4) is 0 Å². The van der Waals surface area contributed by atoms with Gasteiger partial charge in [-0.25, -0.2) is 4.98 Å². The molecule has 1 aromatic heterocycles. The van der Waals surface area contributed by atoms with E-state index >= 15 is 0 Å². The van der Waals surface area contributed by atoms with Gasteiger partial charge in [-0.15, -0.1) is 0 Å². The number of aliphatic hydroxyl groups is 1. The maximum Gasteiger partial charge on any atom is 0.0955 e. The van der Waals surface area contributed by atoms with E-state index in [1.807, 2.05) is 11.6 Å². The molecule has 62 valence electrons. The molecular formula is C8H14N2O. The zero-order valence-electron chi connectivity index (χ0n) is 6.99. The van der Waals surface area contributed by atoms with Crippen molar-refractivity contribution >= 4 is 0 Å². The molecule has 3 nitrogen and oxygen atoms in total. The minimum absolute atomic E-state index is 0.354. The van der Waals surface area contributed by atoms with Crippen molar-refractivity contribution < 1.29 is 5.11 Å². The third-order valence-electron chi connectivity index (χ3n) is 1.76. The number of aromatic nitrogens is 2. The Morgan fingerprint density at radius 1 is 1.73 bits per heavy atom. The molecule has 1 atom stereocenters. The average molecular weight is 154 g/mol. The molecule has 0 amide bonds. The summed E-state index contributed by atoms with van der Waals surface area (Å²) in [6.07, 6.45) is 4.85. The second-order valence-electron chi connectivity index (χ2n) is 2.73. The number of aliphatic hydroxyl groups excluding tert-OH is 1. The topological polar surface area (TPSA) is 38.1 Å². The van der Waals surface area contributed by atoms with E-state index in [4.69, 9.17) is 0 Å². The summed E-state index contributed by atoms with van der Waals surface area (Å²) >= 11 is 0. The molecule has 0 saturated heterocycles. The highest BCUT2D eigenvalue weighted by atomic mass is 16.3. The predicted molar refractivity (Wildman–Crippen MR) is 43.1 cm³/mol. The van der Waals surface area contributed by atoms with E-state index in [-0.39, 0.29) is 6.10 Å². The monoisotopic (exact) mass is 154 g/mol. The Labute approximate surface area is 66.7 Å². The number of hydrogen-bond donors (Lipinski definition) is 1. The molecule has 1 heterocycles. The van der Waals surface area contributed by atoms with Crippen molar-refractivity contribution in [2.75, 3.05) is 0 Å². The van der Waals surface area contributed by atoms with Crippen LogP contribution in [0.15, 0.2) is 12.5 Å². The summed E-state index contributed by atoms with van der Waals surface area (Å²) in [6.45, 7) is 2.06. The second kappa shape index (κ2) is 3.53. The highest BCUT2D eigenvalue weighted by Gasteiger charge is 2.08. The molecule has 1 N–H and O–H groups in total. The van der Waals surface area contributed by atoms with Crippen LogP contribution in [0, 0.1) is 0 Å². The Bertz CT molecular complexity index is 220. The fraction of sp³-hybridized carbons (Fsp3) is 0.625. The van der Waals surface area contributed by atoms with Crippen LogP contribution in [0.2, 0.25) is 0 Å². The highest BCUT2D eigenvalue weighted by molar-refractivity contribution is 5.01. The maximum atomic E-state index is 9.53. The van der Waals surface area contributed by atoms with Crippen LogP contribution in [-0.2, 0) is 7.05 Å². The summed E-state index contributed by atoms with van der Waals surface area (Å²) in [5, 5.41) is 9.53. The lowest BCUT2D eigenvalue weighted by Crippen LogP contribution is -2.02. The van der Waals surface area contributed by atoms with Gasteiger partial charge in [-0.2, -0.15) is 0 Å². The van der Waals surface area contributed by atoms with Crippen LogP contribution in [0.1, 0.15) is 31.6 Å². The summed E-state index contributed by atoms with van der Waals surface area (Å²) < 4.78 is 1.85. The first kappa shape index (κ1) is 8.27. The summed E-state index contributed by atoms with van der Waals surface area (Å²) in [7, 11) is 1.89. The van der Waals surface area contributed by atoms with Gasteiger partial charge in [0.1, 0.15) is 0 Å². The Hall–Kier alpha value is -0.830. The first-order chi connectivity index (χ1) is 5.25. The first-order valence-electron chi connectivity index (χ1n) is 3.90. The van der Waals surface area contributed by atoms with Crippen molar-refractivity contribution in [2.24, 2.45) is 7.05 Å². The summed E-state index contributed by atoms with van der Waals surface area (Å²) in [5.41, 5.74) is 0.895. The quantitative estimate of drug-likeness (QED) is 0.711. The standard InChI is InChI=1S/C8H14N2O/c1-3-4-8(11)7-5-9-6-10(7)2/h5-6,8,11H,3-4H2,1-2H3/t8-/m0/s1. The van der Waals surface area contributed by atoms with Gasteiger partial charge in [0.2, 0.25) is 0 Å². The van der Waals surface area contributed by atoms with E-state index in [2.05, 4.69) is 11.9 Å². The minimum Gasteiger partial charge on any atom is -0.387 e. The fourth-order valence-corrected chi connectivity index (χ4v) is 1.11. The molecule has 0 aliphatic heterocycles. The van der Waals surface area contributed by atoms with Gasteiger partial charge < -0.3 is 9.67 Å². The van der Waals surface area contributed by atoms with E-state index in [9.17, 15) is 5.11 Å². The Kier molecular flexibility index (Phi) is 2.65. The zero-order valence-corrected chi connectivity index (χ0v) is 6.99. The molecule has 0 radical (unpaired) electrons. The molecular weight excluding hydrogens is 140 g/mol. The van der Waals surface area contributed by atoms with E-state index in [0.29, 0.717) is 0 Å². The van der Waals surface area contributed by atoms with Crippen molar-refractivity contribution in [1.29, 1.82) is 0 Å². The molecule has 0 aromatic carbocycles. The summed E-state index contributed by atoms with van der Waals surface area (Å²) in [5.74, 6) is 0. The largest absolute Gasteiger partial charge is 0.387 e. The molecule has 3 heteroatoms. The molecule has 0 bridgehead atoms. The van der Waals surface area contributed by atoms with Crippen LogP contribution >= 0.6 is 0 Å². The minimum atomic E-state index is -0.354. The van der Waals surface area contributed by atoms with Crippen molar-refractivity contribution in [3.63, 3.8) is 0 Å². The molecule has 11 heavy (non-hydrogen) atoms. The van der Waals surface area contributed by atoms with Gasteiger partial charge in [0.05, 0.1) is 24.3 Å². The highest BCUT2D eigenvalue weighted by Crippen LogP contribution is 2.15. The van der Waals surface area contributed by atoms with E-state index in [0.717, 1.165) is 18.5 Å². The predicted octanol–water partition coefficient (Wildman–Crippen LogP) is 1.25. The lowest BCUT2D eigenvalue weighted by atomic mass is 10.1. The third-order valence-corrected chi connectivity index (χ3v) is 1.76. The van der Waals surface area contributed by atoms with Gasteiger partial charge in [0, 0.05) is 7.05 Å². The van der Waals surface area contributed by atoms with Crippen LogP contribution in [0.5, 0.6) is 0 Å². The van der Waals surface area contributed by atoms with Crippen LogP contribution < -0.4 is 0 Å². The van der Waals surface area contributed by atoms with Gasteiger partial charge in [-0.05, 0) is 6.42 Å². The van der Waals surface area contributed by atoms with Crippen LogP contribution in [0.25, 0.3) is 0 Å². The molecule has 0 unspecified atom stereocenters. The van der Waals surface area contributed by atoms with Crippen LogP contribution in [-0.4, -0.2) is 14.7 Å². The number of rotatable bonds is 3. The molecule has 0 spiro atoms. The van der Waals surface area contributed by atoms with Gasteiger partial charge in [-0.3, -0.25) is 0 Å². The molecule has 1 rings (SSSR count). The van der Waals surface area contributed by atoms with Crippen molar-refractivity contribution in [1.82, 2.24) is 9.55 Å². The van der Waals surface area contributed by atoms with Gasteiger partial charge >= 0.3 is 0 Å². The lowest BCUT2D eigenvalue weighted by molar-refractivity contribution is 0.158. The summed E-state index contributed by atoms with van der Waals surface area (Å²) in [4.78, 5) is 3.93. The number of aryl methyl sites for hydroxylation is 1. The molecule has 0 aliphatic carbocycles. The summed E-state index contributed by atoms with van der Waals surface area (Å²) in [6, 6.07) is 0. The van der Waals surface area contributed by atoms with E-state index < -0.39 is 0 Å². The average Bonchev–Trinajstić information content (AvgIpc) is 2.36. The Morgan fingerprint density at radius 3 is 2.91 bits per heavy atom. The zero-order chi connectivity index (χ0) is 8.27. The lowest BCUT2D eigenvalue weighted by Gasteiger charge is -2.08. The molecule has 0 fully saturated rings. The van der Waals surface area contributed by atoms with Crippen molar-refractivity contribution in [3.05, 3.63) is 18.2 Å². The molecule has 0 saturated carbocycles. The third kappa shape index (κ3) is 1.80. The van der Waals surface area contributed by atoms with E-state index in [1.165, 1.54) is 0 Å². The van der Waals surface area contributed by atoms with Crippen LogP contribution in [0.4, 0.5) is 0 Å². The number of imidazole rings is 1. The fourth-order valence-electron chi connectivity index (χ4n) is 1.11. The smallest absolute Gasteiger partial charge is 0.0955 e. The van der Waals surface area contributed by atoms with Gasteiger partial charge in [0.25, 0.3) is 0 Å². The Balaban J connectivity index is 2.67. The second-order valence-corrected chi connectivity index (χ2v) is 2.73.